The van der Waals surface area contributed by atoms with E-state index in [4.69, 9.17) is 5.11 Å². The largest absolute Gasteiger partial charge is 0.480 e. The van der Waals surface area contributed by atoms with Gasteiger partial charge in [0.2, 0.25) is 0 Å². The lowest BCUT2D eigenvalue weighted by molar-refractivity contribution is -0.143. The second-order valence-corrected chi connectivity index (χ2v) is 5.15. The Hall–Kier alpha value is -0.910. The highest BCUT2D eigenvalue weighted by atomic mass is 32.2. The van der Waals surface area contributed by atoms with Gasteiger partial charge >= 0.3 is 12.0 Å². The maximum Gasteiger partial charge on any atom is 0.329 e. The number of aliphatic carboxylic acids is 1. The maximum atomic E-state index is 11.4. The van der Waals surface area contributed by atoms with Gasteiger partial charge < -0.3 is 15.7 Å². The molecule has 0 bridgehead atoms. The van der Waals surface area contributed by atoms with Crippen LogP contribution in [0.3, 0.4) is 0 Å². The second kappa shape index (κ2) is 6.62. The summed E-state index contributed by atoms with van der Waals surface area (Å²) in [6, 6.07) is -0.437. The molecule has 0 radical (unpaired) electrons. The minimum Gasteiger partial charge on any atom is -0.480 e. The normalized spacial score (nSPS) is 16.0. The summed E-state index contributed by atoms with van der Waals surface area (Å²) in [5.74, 6) is -1.02. The molecular weight excluding hydrogens is 228 g/mol. The first kappa shape index (κ1) is 15.1. The van der Waals surface area contributed by atoms with Gasteiger partial charge in [0.05, 0.1) is 0 Å². The fraction of sp³-hybridized carbons (Fsp3) is 0.800. The number of hydrogen-bond acceptors (Lipinski definition) is 3. The van der Waals surface area contributed by atoms with Crippen LogP contribution < -0.4 is 10.6 Å². The van der Waals surface area contributed by atoms with E-state index in [1.165, 1.54) is 6.92 Å². The van der Waals surface area contributed by atoms with Crippen LogP contribution in [0.5, 0.6) is 0 Å². The van der Waals surface area contributed by atoms with Crippen LogP contribution in [0.4, 0.5) is 4.79 Å². The number of hydrogen-bond donors (Lipinski definition) is 3. The molecule has 3 N–H and O–H groups in total. The van der Waals surface area contributed by atoms with Crippen LogP contribution in [-0.4, -0.2) is 40.7 Å². The van der Waals surface area contributed by atoms with Crippen molar-refractivity contribution in [2.24, 2.45) is 0 Å². The number of carboxylic acids is 1. The molecule has 0 aromatic rings. The molecule has 0 aliphatic heterocycles. The zero-order valence-electron chi connectivity index (χ0n) is 10.2. The summed E-state index contributed by atoms with van der Waals surface area (Å²) in [5, 5.41) is 14.4. The summed E-state index contributed by atoms with van der Waals surface area (Å²) in [7, 11) is 0. The van der Waals surface area contributed by atoms with Gasteiger partial charge in [0.1, 0.15) is 5.54 Å². The molecule has 0 aromatic heterocycles. The Bertz CT molecular complexity index is 260. The molecular formula is C10H20N2O3S. The van der Waals surface area contributed by atoms with Gasteiger partial charge in [-0.25, -0.2) is 9.59 Å². The van der Waals surface area contributed by atoms with Crippen molar-refractivity contribution >= 4 is 23.8 Å². The van der Waals surface area contributed by atoms with E-state index in [1.54, 1.807) is 18.7 Å². The van der Waals surface area contributed by atoms with Crippen molar-refractivity contribution in [3.63, 3.8) is 0 Å². The SMILES string of the molecule is CCC(C)(NC(=O)NCC(C)SC)C(=O)O. The minimum absolute atomic E-state index is 0.309. The standard InChI is InChI=1S/C10H20N2O3S/c1-5-10(3,8(13)14)12-9(15)11-6-7(2)16-4/h7H,5-6H2,1-4H3,(H,13,14)(H2,11,12,15). The summed E-state index contributed by atoms with van der Waals surface area (Å²) >= 11 is 1.64. The Labute approximate surface area is 100 Å². The average Bonchev–Trinajstić information content (AvgIpc) is 2.25. The third kappa shape index (κ3) is 4.74. The Kier molecular flexibility index (Phi) is 6.25. The molecule has 0 heterocycles. The number of carbonyl (C=O) groups excluding carboxylic acids is 1. The van der Waals surface area contributed by atoms with Crippen molar-refractivity contribution in [1.29, 1.82) is 0 Å². The number of carboxylic acid groups (broad SMARTS) is 1. The highest BCUT2D eigenvalue weighted by Crippen LogP contribution is 2.09. The lowest BCUT2D eigenvalue weighted by atomic mass is 10.00. The van der Waals surface area contributed by atoms with E-state index in [2.05, 4.69) is 10.6 Å². The molecule has 2 atom stereocenters. The first-order chi connectivity index (χ1) is 7.35. The van der Waals surface area contributed by atoms with Gasteiger partial charge in [-0.3, -0.25) is 0 Å². The van der Waals surface area contributed by atoms with E-state index >= 15 is 0 Å². The fourth-order valence-corrected chi connectivity index (χ4v) is 1.16. The molecule has 0 aliphatic rings. The Morgan fingerprint density at radius 2 is 2.06 bits per heavy atom. The molecule has 6 heteroatoms. The van der Waals surface area contributed by atoms with Crippen molar-refractivity contribution in [2.45, 2.75) is 38.0 Å². The number of rotatable bonds is 6. The van der Waals surface area contributed by atoms with Crippen LogP contribution in [-0.2, 0) is 4.79 Å². The maximum absolute atomic E-state index is 11.4. The van der Waals surface area contributed by atoms with Crippen LogP contribution in [0.1, 0.15) is 27.2 Å². The predicted octanol–water partition coefficient (Wildman–Crippen LogP) is 1.29. The zero-order chi connectivity index (χ0) is 12.8. The minimum atomic E-state index is -1.20. The number of nitrogens with one attached hydrogen (secondary N) is 2. The number of urea groups is 1. The number of amides is 2. The fourth-order valence-electron chi connectivity index (χ4n) is 0.908. The van der Waals surface area contributed by atoms with Gasteiger partial charge in [-0.05, 0) is 19.6 Å². The summed E-state index contributed by atoms with van der Waals surface area (Å²) in [4.78, 5) is 22.4. The van der Waals surface area contributed by atoms with Gasteiger partial charge in [0.25, 0.3) is 0 Å². The van der Waals surface area contributed by atoms with Gasteiger partial charge in [-0.1, -0.05) is 13.8 Å². The summed E-state index contributed by atoms with van der Waals surface area (Å²) < 4.78 is 0. The van der Waals surface area contributed by atoms with Gasteiger partial charge in [-0.15, -0.1) is 0 Å². The van der Waals surface area contributed by atoms with E-state index in [1.807, 2.05) is 13.2 Å². The van der Waals surface area contributed by atoms with E-state index in [-0.39, 0.29) is 0 Å². The van der Waals surface area contributed by atoms with Gasteiger partial charge in [-0.2, -0.15) is 11.8 Å². The highest BCUT2D eigenvalue weighted by Gasteiger charge is 2.32. The summed E-state index contributed by atoms with van der Waals surface area (Å²) in [6.07, 6.45) is 2.30. The molecule has 0 saturated heterocycles. The molecule has 2 amide bonds. The Morgan fingerprint density at radius 3 is 2.44 bits per heavy atom. The van der Waals surface area contributed by atoms with Crippen LogP contribution >= 0.6 is 11.8 Å². The lowest BCUT2D eigenvalue weighted by Crippen LogP contribution is -2.55. The molecule has 94 valence electrons. The van der Waals surface area contributed by atoms with E-state index in [0.717, 1.165) is 0 Å². The van der Waals surface area contributed by atoms with E-state index in [0.29, 0.717) is 18.2 Å². The van der Waals surface area contributed by atoms with Crippen LogP contribution in [0.25, 0.3) is 0 Å². The molecule has 0 spiro atoms. The first-order valence-electron chi connectivity index (χ1n) is 5.18. The van der Waals surface area contributed by atoms with Crippen molar-refractivity contribution in [3.8, 4) is 0 Å². The molecule has 2 unspecified atom stereocenters. The van der Waals surface area contributed by atoms with Crippen LogP contribution in [0.15, 0.2) is 0 Å². The van der Waals surface area contributed by atoms with Crippen molar-refractivity contribution in [2.75, 3.05) is 12.8 Å². The molecule has 0 fully saturated rings. The summed E-state index contributed by atoms with van der Waals surface area (Å²) in [5.41, 5.74) is -1.20. The zero-order valence-corrected chi connectivity index (χ0v) is 11.0. The summed E-state index contributed by atoms with van der Waals surface area (Å²) in [6.45, 7) is 5.72. The highest BCUT2D eigenvalue weighted by molar-refractivity contribution is 7.99. The topological polar surface area (TPSA) is 78.4 Å². The molecule has 0 saturated carbocycles. The smallest absolute Gasteiger partial charge is 0.329 e. The second-order valence-electron chi connectivity index (χ2n) is 3.87. The van der Waals surface area contributed by atoms with Crippen molar-refractivity contribution < 1.29 is 14.7 Å². The third-order valence-corrected chi connectivity index (χ3v) is 3.49. The van der Waals surface area contributed by atoms with E-state index < -0.39 is 17.5 Å². The van der Waals surface area contributed by atoms with Crippen LogP contribution in [0.2, 0.25) is 0 Å². The number of thioether (sulfide) groups is 1. The first-order valence-corrected chi connectivity index (χ1v) is 6.46. The van der Waals surface area contributed by atoms with Crippen molar-refractivity contribution in [3.05, 3.63) is 0 Å². The molecule has 0 rings (SSSR count). The van der Waals surface area contributed by atoms with Gasteiger partial charge in [0.15, 0.2) is 0 Å². The molecule has 0 aliphatic carbocycles. The van der Waals surface area contributed by atoms with Crippen LogP contribution in [0, 0.1) is 0 Å². The van der Waals surface area contributed by atoms with E-state index in [9.17, 15) is 9.59 Å². The predicted molar refractivity (Wildman–Crippen MR) is 65.8 cm³/mol. The number of carbonyl (C=O) groups is 2. The molecule has 16 heavy (non-hydrogen) atoms. The Morgan fingerprint density at radius 1 is 1.50 bits per heavy atom. The lowest BCUT2D eigenvalue weighted by Gasteiger charge is -2.25. The van der Waals surface area contributed by atoms with Crippen molar-refractivity contribution in [1.82, 2.24) is 10.6 Å². The third-order valence-electron chi connectivity index (χ3n) is 2.52. The molecule has 5 nitrogen and oxygen atoms in total. The quantitative estimate of drug-likeness (QED) is 0.662. The Balaban J connectivity index is 4.17. The molecule has 0 aromatic carbocycles. The average molecular weight is 248 g/mol. The monoisotopic (exact) mass is 248 g/mol. The van der Waals surface area contributed by atoms with Gasteiger partial charge in [0, 0.05) is 11.8 Å².